The van der Waals surface area contributed by atoms with Gasteiger partial charge in [0.2, 0.25) is 0 Å². The Balaban J connectivity index is 0.00000304. The Morgan fingerprint density at radius 1 is 1.11 bits per heavy atom. The van der Waals surface area contributed by atoms with E-state index < -0.39 is 11.9 Å². The second kappa shape index (κ2) is 11.8. The third kappa shape index (κ3) is 5.99. The molecule has 0 spiro atoms. The molecular formula is C29H23ClNNaO3S. The fourth-order valence-electron chi connectivity index (χ4n) is 4.12. The Bertz CT molecular complexity index is 1440. The van der Waals surface area contributed by atoms with Crippen LogP contribution in [0.3, 0.4) is 0 Å². The Hall–Kier alpha value is -2.28. The Kier molecular flexibility index (Phi) is 8.81. The van der Waals surface area contributed by atoms with Crippen LogP contribution in [-0.4, -0.2) is 16.7 Å². The maximum atomic E-state index is 11.3. The molecule has 2 atom stereocenters. The van der Waals surface area contributed by atoms with Gasteiger partial charge in [0, 0.05) is 33.6 Å². The van der Waals surface area contributed by atoms with E-state index in [2.05, 4.69) is 18.2 Å². The summed E-state index contributed by atoms with van der Waals surface area (Å²) in [6.45, 7) is 2.17. The summed E-state index contributed by atoms with van der Waals surface area (Å²) in [6.07, 6.45) is 4.01. The number of hydrogen-bond acceptors (Lipinski definition) is 5. The largest absolute Gasteiger partial charge is 1.00 e. The number of benzene rings is 3. The minimum Gasteiger partial charge on any atom is -0.550 e. The first kappa shape index (κ1) is 26.8. The van der Waals surface area contributed by atoms with Gasteiger partial charge in [0.25, 0.3) is 0 Å². The fourth-order valence-corrected chi connectivity index (χ4v) is 5.68. The van der Waals surface area contributed by atoms with Crippen molar-refractivity contribution in [2.45, 2.75) is 18.8 Å². The molecule has 4 aromatic rings. The maximum Gasteiger partial charge on any atom is 1.00 e. The van der Waals surface area contributed by atoms with Gasteiger partial charge < -0.3 is 14.6 Å². The molecule has 1 aliphatic heterocycles. The van der Waals surface area contributed by atoms with Crippen molar-refractivity contribution in [3.05, 3.63) is 106 Å². The number of aromatic nitrogens is 1. The van der Waals surface area contributed by atoms with E-state index in [0.29, 0.717) is 17.4 Å². The zero-order valence-electron chi connectivity index (χ0n) is 20.1. The number of rotatable bonds is 6. The van der Waals surface area contributed by atoms with E-state index in [4.69, 9.17) is 21.3 Å². The summed E-state index contributed by atoms with van der Waals surface area (Å²) < 4.78 is 6.15. The summed E-state index contributed by atoms with van der Waals surface area (Å²) in [6, 6.07) is 24.0. The molecular weight excluding hydrogens is 501 g/mol. The summed E-state index contributed by atoms with van der Waals surface area (Å²) in [5.74, 6) is -0.313. The van der Waals surface area contributed by atoms with E-state index in [-0.39, 0.29) is 34.8 Å². The summed E-state index contributed by atoms with van der Waals surface area (Å²) in [7, 11) is 0. The van der Waals surface area contributed by atoms with Crippen molar-refractivity contribution in [2.24, 2.45) is 5.92 Å². The average Bonchev–Trinajstić information content (AvgIpc) is 3.02. The van der Waals surface area contributed by atoms with E-state index in [1.54, 1.807) is 18.7 Å². The second-order valence-corrected chi connectivity index (χ2v) is 10.2. The van der Waals surface area contributed by atoms with Gasteiger partial charge in [0.15, 0.2) is 0 Å². The number of aliphatic carboxylic acids is 1. The number of carbonyl (C=O) groups is 1. The molecule has 0 amide bonds. The molecule has 4 nitrogen and oxygen atoms in total. The number of ether oxygens (including phenoxy) is 1. The number of pyridine rings is 1. The first-order valence-electron chi connectivity index (χ1n) is 11.4. The van der Waals surface area contributed by atoms with Crippen LogP contribution >= 0.6 is 23.4 Å². The number of carboxylic acid groups (broad SMARTS) is 1. The van der Waals surface area contributed by atoms with Crippen LogP contribution in [0, 0.1) is 5.92 Å². The van der Waals surface area contributed by atoms with Crippen LogP contribution in [0.2, 0.25) is 5.02 Å². The minimum absolute atomic E-state index is 0. The third-order valence-corrected chi connectivity index (χ3v) is 7.84. The number of nitrogens with zero attached hydrogens (tertiary/aromatic N) is 1. The van der Waals surface area contributed by atoms with Gasteiger partial charge in [-0.3, -0.25) is 0 Å². The molecule has 3 aromatic carbocycles. The summed E-state index contributed by atoms with van der Waals surface area (Å²) in [4.78, 5) is 16.0. The van der Waals surface area contributed by atoms with Gasteiger partial charge in [-0.1, -0.05) is 67.1 Å². The Morgan fingerprint density at radius 3 is 2.75 bits per heavy atom. The first-order chi connectivity index (χ1) is 17.0. The first-order valence-corrected chi connectivity index (χ1v) is 12.8. The number of thioether (sulfide) groups is 1. The molecule has 7 heteroatoms. The van der Waals surface area contributed by atoms with Gasteiger partial charge in [-0.2, -0.15) is 0 Å². The molecule has 2 heterocycles. The Labute approximate surface area is 242 Å². The van der Waals surface area contributed by atoms with Crippen LogP contribution in [0.4, 0.5) is 0 Å². The van der Waals surface area contributed by atoms with Crippen molar-refractivity contribution in [3.63, 3.8) is 0 Å². The van der Waals surface area contributed by atoms with Gasteiger partial charge in [-0.15, -0.1) is 11.8 Å². The van der Waals surface area contributed by atoms with Crippen molar-refractivity contribution < 1.29 is 44.2 Å². The minimum atomic E-state index is -1.03. The van der Waals surface area contributed by atoms with Crippen LogP contribution in [0.25, 0.3) is 23.1 Å². The number of carbonyl (C=O) groups excluding carboxylic acids is 1. The molecule has 0 saturated carbocycles. The molecule has 0 fully saturated rings. The van der Waals surface area contributed by atoms with Crippen molar-refractivity contribution in [1.29, 1.82) is 0 Å². The van der Waals surface area contributed by atoms with E-state index in [1.165, 1.54) is 0 Å². The quantitative estimate of drug-likeness (QED) is 0.363. The van der Waals surface area contributed by atoms with Crippen LogP contribution in [0.5, 0.6) is 5.75 Å². The molecule has 0 aliphatic carbocycles. The molecule has 5 rings (SSSR count). The number of hydrogen-bond donors (Lipinski definition) is 0. The van der Waals surface area contributed by atoms with Gasteiger partial charge in [0.1, 0.15) is 12.4 Å². The van der Waals surface area contributed by atoms with Crippen molar-refractivity contribution >= 4 is 52.4 Å². The predicted molar refractivity (Wildman–Crippen MR) is 141 cm³/mol. The molecule has 0 N–H and O–H groups in total. The molecule has 0 radical (unpaired) electrons. The number of fused-ring (bicyclic) bond motifs is 3. The van der Waals surface area contributed by atoms with Crippen molar-refractivity contribution in [1.82, 2.24) is 4.98 Å². The van der Waals surface area contributed by atoms with Gasteiger partial charge in [-0.05, 0) is 53.1 Å². The summed E-state index contributed by atoms with van der Waals surface area (Å²) in [5, 5.41) is 13.0. The normalized spacial score (nSPS) is 15.3. The van der Waals surface area contributed by atoms with Gasteiger partial charge >= 0.3 is 29.6 Å². The zero-order chi connectivity index (χ0) is 24.4. The summed E-state index contributed by atoms with van der Waals surface area (Å²) in [5.41, 5.74) is 5.99. The molecule has 1 aliphatic rings. The van der Waals surface area contributed by atoms with E-state index >= 15 is 0 Å². The van der Waals surface area contributed by atoms with Crippen LogP contribution < -0.4 is 39.4 Å². The van der Waals surface area contributed by atoms with E-state index in [1.807, 2.05) is 66.7 Å². The zero-order valence-corrected chi connectivity index (χ0v) is 23.7. The smallest absolute Gasteiger partial charge is 0.550 e. The van der Waals surface area contributed by atoms with Crippen LogP contribution in [0.15, 0.2) is 72.8 Å². The third-order valence-electron chi connectivity index (χ3n) is 6.07. The van der Waals surface area contributed by atoms with Gasteiger partial charge in [0.05, 0.1) is 16.5 Å². The molecule has 1 aromatic heterocycles. The van der Waals surface area contributed by atoms with Crippen LogP contribution in [-0.2, 0) is 11.4 Å². The van der Waals surface area contributed by atoms with Crippen LogP contribution in [0.1, 0.15) is 40.1 Å². The molecule has 0 saturated heterocycles. The topological polar surface area (TPSA) is 62.2 Å². The summed E-state index contributed by atoms with van der Waals surface area (Å²) >= 11 is 7.74. The average molecular weight is 524 g/mol. The van der Waals surface area contributed by atoms with E-state index in [9.17, 15) is 9.90 Å². The molecule has 0 bridgehead atoms. The van der Waals surface area contributed by atoms with E-state index in [0.717, 1.165) is 44.6 Å². The maximum absolute atomic E-state index is 11.3. The fraction of sp³-hybridized carbons (Fsp3) is 0.172. The SMILES string of the molecule is CC(CSC1c2ccccc2COc2ccc(/C=C/c3ccc4ccc(Cl)cc4n3)cc21)C(=O)[O-].[Na+]. The molecule has 176 valence electrons. The van der Waals surface area contributed by atoms with Crippen molar-refractivity contribution in [2.75, 3.05) is 5.75 Å². The van der Waals surface area contributed by atoms with Crippen molar-refractivity contribution in [3.8, 4) is 5.75 Å². The predicted octanol–water partition coefficient (Wildman–Crippen LogP) is 3.16. The second-order valence-electron chi connectivity index (χ2n) is 8.62. The number of carboxylic acids is 1. The molecule has 36 heavy (non-hydrogen) atoms. The molecule has 2 unspecified atom stereocenters. The Morgan fingerprint density at radius 2 is 1.92 bits per heavy atom. The van der Waals surface area contributed by atoms with Gasteiger partial charge in [-0.25, -0.2) is 4.98 Å². The standard InChI is InChI=1S/C29H24ClNO3S.Na/c1-18(29(32)33)17-35-28-24-5-3-2-4-21(24)16-34-27-13-7-19(14-25(27)28)6-11-23-12-9-20-8-10-22(30)15-26(20)31-23;/h2-15,18,28H,16-17H2,1H3,(H,32,33);/q;+1/p-1/b11-6+;. The number of halogens is 1. The monoisotopic (exact) mass is 523 g/mol.